The molecule has 0 aromatic rings. The van der Waals surface area contributed by atoms with Crippen molar-refractivity contribution >= 4 is 45.5 Å². The van der Waals surface area contributed by atoms with Gasteiger partial charge in [-0.1, -0.05) is 149 Å². The van der Waals surface area contributed by atoms with Crippen LogP contribution in [0.1, 0.15) is 149 Å². The Kier molecular flexibility index (Phi) is 30.8. The molecule has 24 heavy (non-hydrogen) atoms. The summed E-state index contributed by atoms with van der Waals surface area (Å²) >= 11 is 0. The van der Waals surface area contributed by atoms with E-state index >= 15 is 0 Å². The Morgan fingerprint density at radius 3 is 0.500 bits per heavy atom. The summed E-state index contributed by atoms with van der Waals surface area (Å²) in [6.07, 6.45) is 30.9. The molecule has 0 rings (SSSR count). The van der Waals surface area contributed by atoms with Crippen molar-refractivity contribution in [2.75, 3.05) is 0 Å². The molecule has 0 aliphatic rings. The van der Waals surface area contributed by atoms with E-state index in [4.69, 9.17) is 0 Å². The van der Waals surface area contributed by atoms with Crippen LogP contribution in [0.15, 0.2) is 0 Å². The first-order chi connectivity index (χ1) is 11.4. The molecule has 0 aromatic carbocycles. The van der Waals surface area contributed by atoms with E-state index in [1.807, 2.05) is 0 Å². The van der Waals surface area contributed by atoms with Crippen LogP contribution in [0, 0.1) is 0 Å². The van der Waals surface area contributed by atoms with Gasteiger partial charge in [-0.25, -0.2) is 0 Å². The SMILES string of the molecule is CCCCCCCCCCCCCCCCCCCCCCC.[SrH2]. The van der Waals surface area contributed by atoms with Crippen molar-refractivity contribution in [1.82, 2.24) is 0 Å². The minimum absolute atomic E-state index is 0. The summed E-state index contributed by atoms with van der Waals surface area (Å²) in [7, 11) is 0. The van der Waals surface area contributed by atoms with Gasteiger partial charge in [0.2, 0.25) is 0 Å². The molecule has 0 radical (unpaired) electrons. The van der Waals surface area contributed by atoms with Gasteiger partial charge >= 0.3 is 45.5 Å². The van der Waals surface area contributed by atoms with Gasteiger partial charge in [0, 0.05) is 0 Å². The quantitative estimate of drug-likeness (QED) is 0.139. The van der Waals surface area contributed by atoms with Gasteiger partial charge in [0.25, 0.3) is 0 Å². The monoisotopic (exact) mass is 414 g/mol. The molecule has 144 valence electrons. The average Bonchev–Trinajstić information content (AvgIpc) is 2.57. The van der Waals surface area contributed by atoms with Gasteiger partial charge in [-0.05, 0) is 0 Å². The fraction of sp³-hybridized carbons (Fsp3) is 1.00. The Morgan fingerprint density at radius 2 is 0.375 bits per heavy atom. The molecule has 0 amide bonds. The van der Waals surface area contributed by atoms with Crippen LogP contribution in [-0.2, 0) is 0 Å². The Labute approximate surface area is 192 Å². The van der Waals surface area contributed by atoms with E-state index in [1.54, 1.807) is 0 Å². The first-order valence-electron chi connectivity index (χ1n) is 11.4. The Balaban J connectivity index is 0. The molecule has 1 heteroatoms. The molecule has 0 saturated heterocycles. The van der Waals surface area contributed by atoms with E-state index in [-0.39, 0.29) is 45.5 Å². The summed E-state index contributed by atoms with van der Waals surface area (Å²) in [5, 5.41) is 0. The number of hydrogen-bond donors (Lipinski definition) is 0. The van der Waals surface area contributed by atoms with Gasteiger partial charge in [-0.3, -0.25) is 0 Å². The molecule has 0 heterocycles. The summed E-state index contributed by atoms with van der Waals surface area (Å²) in [6.45, 7) is 4.60. The third-order valence-corrected chi connectivity index (χ3v) is 5.21. The maximum absolute atomic E-state index is 2.30. The fourth-order valence-corrected chi connectivity index (χ4v) is 3.51. The molecule has 0 spiro atoms. The van der Waals surface area contributed by atoms with Gasteiger partial charge in [0.05, 0.1) is 0 Å². The van der Waals surface area contributed by atoms with Crippen molar-refractivity contribution in [2.45, 2.75) is 149 Å². The second-order valence-corrected chi connectivity index (χ2v) is 7.72. The van der Waals surface area contributed by atoms with E-state index in [0.29, 0.717) is 0 Å². The van der Waals surface area contributed by atoms with Gasteiger partial charge in [0.1, 0.15) is 0 Å². The predicted molar refractivity (Wildman–Crippen MR) is 117 cm³/mol. The molecule has 0 N–H and O–H groups in total. The molecule has 0 aliphatic carbocycles. The molecule has 0 fully saturated rings. The molecular formula is C23H50Sr. The third kappa shape index (κ3) is 25.7. The second kappa shape index (κ2) is 26.7. The van der Waals surface area contributed by atoms with Crippen LogP contribution in [-0.4, -0.2) is 45.5 Å². The molecule has 0 nitrogen and oxygen atoms in total. The zero-order chi connectivity index (χ0) is 16.8. The molecule has 0 aliphatic heterocycles. The van der Waals surface area contributed by atoms with Gasteiger partial charge < -0.3 is 0 Å². The Bertz CT molecular complexity index is 170. The van der Waals surface area contributed by atoms with Gasteiger partial charge in [-0.2, -0.15) is 0 Å². The van der Waals surface area contributed by atoms with Crippen LogP contribution in [0.4, 0.5) is 0 Å². The van der Waals surface area contributed by atoms with Crippen molar-refractivity contribution in [3.63, 3.8) is 0 Å². The van der Waals surface area contributed by atoms with Crippen LogP contribution >= 0.6 is 0 Å². The van der Waals surface area contributed by atoms with Crippen molar-refractivity contribution in [2.24, 2.45) is 0 Å². The molecule has 0 saturated carbocycles. The molecule has 0 unspecified atom stereocenters. The first kappa shape index (κ1) is 27.7. The van der Waals surface area contributed by atoms with E-state index in [2.05, 4.69) is 13.8 Å². The summed E-state index contributed by atoms with van der Waals surface area (Å²) in [6, 6.07) is 0. The van der Waals surface area contributed by atoms with Crippen molar-refractivity contribution in [3.8, 4) is 0 Å². The van der Waals surface area contributed by atoms with Crippen LogP contribution in [0.5, 0.6) is 0 Å². The van der Waals surface area contributed by atoms with E-state index in [9.17, 15) is 0 Å². The molecule has 0 bridgehead atoms. The summed E-state index contributed by atoms with van der Waals surface area (Å²) in [5.74, 6) is 0. The van der Waals surface area contributed by atoms with E-state index in [0.717, 1.165) is 0 Å². The van der Waals surface area contributed by atoms with E-state index < -0.39 is 0 Å². The summed E-state index contributed by atoms with van der Waals surface area (Å²) in [5.41, 5.74) is 0. The Hall–Kier alpha value is 1.48. The second-order valence-electron chi connectivity index (χ2n) is 7.72. The summed E-state index contributed by atoms with van der Waals surface area (Å²) in [4.78, 5) is 0. The minimum atomic E-state index is 0. The van der Waals surface area contributed by atoms with E-state index in [1.165, 1.54) is 135 Å². The zero-order valence-corrected chi connectivity index (χ0v) is 16.8. The predicted octanol–water partition coefficient (Wildman–Crippen LogP) is 8.30. The standard InChI is InChI=1S/C23H48.Sr.2H/c1-3-5-7-9-11-13-15-17-19-21-23-22-20-18-16-14-12-10-8-6-4-2;;;/h3-23H2,1-2H3;;;. The van der Waals surface area contributed by atoms with Crippen LogP contribution < -0.4 is 0 Å². The number of hydrogen-bond acceptors (Lipinski definition) is 0. The fourth-order valence-electron chi connectivity index (χ4n) is 3.51. The molecule has 0 aromatic heterocycles. The average molecular weight is 414 g/mol. The van der Waals surface area contributed by atoms with Crippen molar-refractivity contribution in [1.29, 1.82) is 0 Å². The van der Waals surface area contributed by atoms with Crippen molar-refractivity contribution < 1.29 is 0 Å². The zero-order valence-electron chi connectivity index (χ0n) is 16.8. The maximum atomic E-state index is 2.30. The van der Waals surface area contributed by atoms with Gasteiger partial charge in [-0.15, -0.1) is 0 Å². The van der Waals surface area contributed by atoms with Crippen LogP contribution in [0.3, 0.4) is 0 Å². The molecular weight excluding hydrogens is 364 g/mol. The molecule has 0 atom stereocenters. The van der Waals surface area contributed by atoms with Crippen LogP contribution in [0.25, 0.3) is 0 Å². The number of rotatable bonds is 20. The van der Waals surface area contributed by atoms with Crippen molar-refractivity contribution in [3.05, 3.63) is 0 Å². The normalized spacial score (nSPS) is 10.8. The third-order valence-electron chi connectivity index (χ3n) is 5.21. The summed E-state index contributed by atoms with van der Waals surface area (Å²) < 4.78 is 0. The first-order valence-corrected chi connectivity index (χ1v) is 11.4. The number of unbranched alkanes of at least 4 members (excludes halogenated alkanes) is 20. The Morgan fingerprint density at radius 1 is 0.250 bits per heavy atom. The van der Waals surface area contributed by atoms with Crippen LogP contribution in [0.2, 0.25) is 0 Å². The van der Waals surface area contributed by atoms with Gasteiger partial charge in [0.15, 0.2) is 0 Å². The topological polar surface area (TPSA) is 0 Å².